The van der Waals surface area contributed by atoms with Crippen LogP contribution in [0.5, 0.6) is 0 Å². The Balaban J connectivity index is 2.41. The van der Waals surface area contributed by atoms with Gasteiger partial charge in [0.15, 0.2) is 0 Å². The number of ether oxygens (including phenoxy) is 1. The minimum atomic E-state index is -0.508. The fourth-order valence-corrected chi connectivity index (χ4v) is 1.59. The smallest absolute Gasteiger partial charge is 0.302 e. The largest absolute Gasteiger partial charge is 0.461 e. The second kappa shape index (κ2) is 8.87. The van der Waals surface area contributed by atoms with Gasteiger partial charge in [-0.15, -0.1) is 0 Å². The Kier molecular flexibility index (Phi) is 7.06. The highest BCUT2D eigenvalue weighted by molar-refractivity contribution is 5.91. The summed E-state index contributed by atoms with van der Waals surface area (Å²) in [6, 6.07) is 9.44. The van der Waals surface area contributed by atoms with Crippen LogP contribution in [0.3, 0.4) is 0 Å². The van der Waals surface area contributed by atoms with Gasteiger partial charge in [-0.1, -0.05) is 30.3 Å². The molecule has 0 fully saturated rings. The molecule has 5 heteroatoms. The summed E-state index contributed by atoms with van der Waals surface area (Å²) in [6.07, 6.45) is 2.90. The first-order chi connectivity index (χ1) is 9.61. The number of hydrogen-bond acceptors (Lipinski definition) is 4. The number of nitrogens with one attached hydrogen (secondary N) is 1. The van der Waals surface area contributed by atoms with Crippen molar-refractivity contribution in [3.05, 3.63) is 42.0 Å². The molecule has 0 unspecified atom stereocenters. The van der Waals surface area contributed by atoms with E-state index in [0.717, 1.165) is 5.56 Å². The Morgan fingerprint density at radius 2 is 2.05 bits per heavy atom. The van der Waals surface area contributed by atoms with Crippen LogP contribution in [0.25, 0.3) is 6.08 Å². The van der Waals surface area contributed by atoms with Gasteiger partial charge < -0.3 is 15.2 Å². The molecule has 0 aliphatic rings. The van der Waals surface area contributed by atoms with Crippen molar-refractivity contribution in [3.63, 3.8) is 0 Å². The van der Waals surface area contributed by atoms with E-state index < -0.39 is 12.1 Å². The quantitative estimate of drug-likeness (QED) is 0.578. The second-order valence-corrected chi connectivity index (χ2v) is 4.23. The molecule has 1 rings (SSSR count). The predicted molar refractivity (Wildman–Crippen MR) is 75.7 cm³/mol. The SMILES string of the molecule is CC(=O)O[C@H](CCO)CNC(=O)C=Cc1ccccc1. The van der Waals surface area contributed by atoms with Crippen molar-refractivity contribution in [2.45, 2.75) is 19.4 Å². The number of hydrogen-bond donors (Lipinski definition) is 2. The molecule has 0 aliphatic heterocycles. The first kappa shape index (κ1) is 15.9. The van der Waals surface area contributed by atoms with Crippen molar-refractivity contribution in [2.75, 3.05) is 13.2 Å². The lowest BCUT2D eigenvalue weighted by atomic mass is 10.2. The Hall–Kier alpha value is -2.14. The first-order valence-electron chi connectivity index (χ1n) is 6.41. The molecule has 0 aliphatic carbocycles. The van der Waals surface area contributed by atoms with Crippen molar-refractivity contribution in [3.8, 4) is 0 Å². The van der Waals surface area contributed by atoms with Crippen molar-refractivity contribution in [1.82, 2.24) is 5.32 Å². The van der Waals surface area contributed by atoms with Crippen LogP contribution >= 0.6 is 0 Å². The van der Waals surface area contributed by atoms with Crippen LogP contribution in [0.1, 0.15) is 18.9 Å². The van der Waals surface area contributed by atoms with Gasteiger partial charge in [0.05, 0.1) is 6.54 Å². The van der Waals surface area contributed by atoms with Crippen molar-refractivity contribution < 1.29 is 19.4 Å². The highest BCUT2D eigenvalue weighted by atomic mass is 16.5. The molecule has 2 N–H and O–H groups in total. The van der Waals surface area contributed by atoms with Crippen LogP contribution in [0.15, 0.2) is 36.4 Å². The minimum absolute atomic E-state index is 0.104. The molecule has 0 radical (unpaired) electrons. The maximum absolute atomic E-state index is 11.6. The summed E-state index contributed by atoms with van der Waals surface area (Å²) < 4.78 is 4.97. The summed E-state index contributed by atoms with van der Waals surface area (Å²) in [5.41, 5.74) is 0.926. The number of benzene rings is 1. The third-order valence-electron chi connectivity index (χ3n) is 2.51. The molecule has 0 aromatic heterocycles. The molecule has 1 atom stereocenters. The fourth-order valence-electron chi connectivity index (χ4n) is 1.59. The van der Waals surface area contributed by atoms with E-state index in [1.54, 1.807) is 6.08 Å². The van der Waals surface area contributed by atoms with Crippen LogP contribution in [0, 0.1) is 0 Å². The Morgan fingerprint density at radius 1 is 1.35 bits per heavy atom. The molecule has 1 aromatic rings. The Bertz CT molecular complexity index is 456. The zero-order chi connectivity index (χ0) is 14.8. The molecule has 0 heterocycles. The number of carbonyl (C=O) groups is 2. The molecule has 0 saturated carbocycles. The van der Waals surface area contributed by atoms with Gasteiger partial charge in [-0.25, -0.2) is 0 Å². The lowest BCUT2D eigenvalue weighted by Crippen LogP contribution is -2.34. The van der Waals surface area contributed by atoms with E-state index >= 15 is 0 Å². The summed E-state index contributed by atoms with van der Waals surface area (Å²) in [5.74, 6) is -0.707. The van der Waals surface area contributed by atoms with Crippen molar-refractivity contribution in [2.24, 2.45) is 0 Å². The number of esters is 1. The van der Waals surface area contributed by atoms with E-state index in [-0.39, 0.29) is 19.1 Å². The summed E-state index contributed by atoms with van der Waals surface area (Å²) in [5, 5.41) is 11.5. The van der Waals surface area contributed by atoms with Crippen LogP contribution in [0.4, 0.5) is 0 Å². The Morgan fingerprint density at radius 3 is 2.65 bits per heavy atom. The molecule has 0 bridgehead atoms. The van der Waals surface area contributed by atoms with E-state index in [0.29, 0.717) is 6.42 Å². The number of aliphatic hydroxyl groups excluding tert-OH is 1. The molecular formula is C15H19NO4. The number of aliphatic hydroxyl groups is 1. The van der Waals surface area contributed by atoms with Gasteiger partial charge >= 0.3 is 5.97 Å². The topological polar surface area (TPSA) is 75.6 Å². The summed E-state index contributed by atoms with van der Waals surface area (Å²) in [4.78, 5) is 22.5. The van der Waals surface area contributed by atoms with E-state index in [1.807, 2.05) is 30.3 Å². The highest BCUT2D eigenvalue weighted by Gasteiger charge is 2.11. The summed E-state index contributed by atoms with van der Waals surface area (Å²) in [6.45, 7) is 1.37. The molecule has 20 heavy (non-hydrogen) atoms. The zero-order valence-electron chi connectivity index (χ0n) is 11.4. The molecule has 1 amide bonds. The zero-order valence-corrected chi connectivity index (χ0v) is 11.4. The standard InChI is InChI=1S/C15H19NO4/c1-12(18)20-14(9-10-17)11-16-15(19)8-7-13-5-3-2-4-6-13/h2-8,14,17H,9-11H2,1H3,(H,16,19)/t14-/m1/s1. The molecule has 5 nitrogen and oxygen atoms in total. The predicted octanol–water partition coefficient (Wildman–Crippen LogP) is 1.13. The van der Waals surface area contributed by atoms with Gasteiger partial charge in [0, 0.05) is 26.0 Å². The number of amides is 1. The van der Waals surface area contributed by atoms with Crippen LogP contribution in [-0.4, -0.2) is 36.2 Å². The lowest BCUT2D eigenvalue weighted by Gasteiger charge is -2.15. The van der Waals surface area contributed by atoms with Crippen LogP contribution in [0.2, 0.25) is 0 Å². The first-order valence-corrected chi connectivity index (χ1v) is 6.41. The minimum Gasteiger partial charge on any atom is -0.461 e. The maximum Gasteiger partial charge on any atom is 0.302 e. The van der Waals surface area contributed by atoms with Crippen molar-refractivity contribution >= 4 is 18.0 Å². The van der Waals surface area contributed by atoms with Crippen LogP contribution < -0.4 is 5.32 Å². The molecule has 1 aromatic carbocycles. The van der Waals surface area contributed by atoms with E-state index in [9.17, 15) is 9.59 Å². The van der Waals surface area contributed by atoms with Gasteiger partial charge in [0.1, 0.15) is 6.10 Å². The summed E-state index contributed by atoms with van der Waals surface area (Å²) in [7, 11) is 0. The maximum atomic E-state index is 11.6. The number of carbonyl (C=O) groups excluding carboxylic acids is 2. The third-order valence-corrected chi connectivity index (χ3v) is 2.51. The fraction of sp³-hybridized carbons (Fsp3) is 0.333. The van der Waals surface area contributed by atoms with E-state index in [2.05, 4.69) is 5.32 Å². The number of rotatable bonds is 7. The second-order valence-electron chi connectivity index (χ2n) is 4.23. The van der Waals surface area contributed by atoms with Gasteiger partial charge in [-0.2, -0.15) is 0 Å². The van der Waals surface area contributed by atoms with Gasteiger partial charge in [0.2, 0.25) is 5.91 Å². The lowest BCUT2D eigenvalue weighted by molar-refractivity contribution is -0.147. The average Bonchev–Trinajstić information content (AvgIpc) is 2.43. The molecule has 0 saturated heterocycles. The van der Waals surface area contributed by atoms with Gasteiger partial charge in [0.25, 0.3) is 0 Å². The molecule has 108 valence electrons. The van der Waals surface area contributed by atoms with E-state index in [1.165, 1.54) is 13.0 Å². The van der Waals surface area contributed by atoms with Gasteiger partial charge in [-0.05, 0) is 11.6 Å². The normalized spacial score (nSPS) is 12.1. The molecular weight excluding hydrogens is 258 g/mol. The third kappa shape index (κ3) is 6.70. The summed E-state index contributed by atoms with van der Waals surface area (Å²) >= 11 is 0. The monoisotopic (exact) mass is 277 g/mol. The Labute approximate surface area is 118 Å². The average molecular weight is 277 g/mol. The highest BCUT2D eigenvalue weighted by Crippen LogP contribution is 2.01. The van der Waals surface area contributed by atoms with Crippen LogP contribution in [-0.2, 0) is 14.3 Å². The van der Waals surface area contributed by atoms with E-state index in [4.69, 9.17) is 9.84 Å². The van der Waals surface area contributed by atoms with Crippen molar-refractivity contribution in [1.29, 1.82) is 0 Å². The van der Waals surface area contributed by atoms with Gasteiger partial charge in [-0.3, -0.25) is 9.59 Å². The molecule has 0 spiro atoms.